The van der Waals surface area contributed by atoms with Gasteiger partial charge in [0.05, 0.1) is 0 Å². The molecule has 6 heteroatoms. The highest BCUT2D eigenvalue weighted by Gasteiger charge is 2.19. The van der Waals surface area contributed by atoms with Gasteiger partial charge in [0, 0.05) is 55.1 Å². The number of nitrogens with zero attached hydrogens (tertiary/aromatic N) is 3. The maximum atomic E-state index is 6.51. The summed E-state index contributed by atoms with van der Waals surface area (Å²) in [6, 6.07) is 51.1. The molecule has 0 aliphatic rings. The zero-order valence-electron chi connectivity index (χ0n) is 27.0. The zero-order chi connectivity index (χ0) is 33.5. The van der Waals surface area contributed by atoms with Crippen LogP contribution in [-0.4, -0.2) is 15.0 Å². The van der Waals surface area contributed by atoms with Crippen LogP contribution in [0.25, 0.3) is 111 Å². The lowest BCUT2D eigenvalue weighted by molar-refractivity contribution is 0.656. The van der Waals surface area contributed by atoms with Crippen molar-refractivity contribution in [2.24, 2.45) is 0 Å². The average Bonchev–Trinajstić information content (AvgIpc) is 3.87. The van der Waals surface area contributed by atoms with E-state index in [4.69, 9.17) is 28.2 Å². The Labute approximate surface area is 290 Å². The summed E-state index contributed by atoms with van der Waals surface area (Å²) in [6.45, 7) is 0. The number of benzene rings is 7. The normalized spacial score (nSPS) is 11.9. The van der Waals surface area contributed by atoms with Gasteiger partial charge in [0.2, 0.25) is 0 Å². The van der Waals surface area contributed by atoms with E-state index in [1.165, 1.54) is 0 Å². The minimum atomic E-state index is 0.593. The first-order valence-corrected chi connectivity index (χ1v) is 16.8. The second kappa shape index (κ2) is 10.7. The van der Waals surface area contributed by atoms with Crippen molar-refractivity contribution in [2.45, 2.75) is 0 Å². The third-order valence-corrected chi connectivity index (χ3v) is 9.74. The summed E-state index contributed by atoms with van der Waals surface area (Å²) in [6.07, 6.45) is 0. The molecule has 0 spiro atoms. The van der Waals surface area contributed by atoms with Gasteiger partial charge >= 0.3 is 0 Å². The van der Waals surface area contributed by atoms with Crippen molar-refractivity contribution < 1.29 is 13.3 Å². The van der Waals surface area contributed by atoms with Crippen LogP contribution in [-0.2, 0) is 0 Å². The molecule has 238 valence electrons. The summed E-state index contributed by atoms with van der Waals surface area (Å²) in [5, 5.41) is 6.29. The maximum Gasteiger partial charge on any atom is 0.164 e. The molecular formula is C45H25N3O3. The minimum absolute atomic E-state index is 0.593. The summed E-state index contributed by atoms with van der Waals surface area (Å²) >= 11 is 0. The van der Waals surface area contributed by atoms with E-state index in [-0.39, 0.29) is 0 Å². The molecule has 0 fully saturated rings. The molecule has 0 saturated heterocycles. The van der Waals surface area contributed by atoms with E-state index in [1.807, 2.05) is 97.1 Å². The lowest BCUT2D eigenvalue weighted by Gasteiger charge is -2.09. The Morgan fingerprint density at radius 3 is 1.51 bits per heavy atom. The molecule has 0 saturated carbocycles. The molecule has 0 radical (unpaired) electrons. The highest BCUT2D eigenvalue weighted by atomic mass is 16.3. The number of rotatable bonds is 4. The number of aromatic nitrogens is 3. The van der Waals surface area contributed by atoms with Crippen molar-refractivity contribution in [1.82, 2.24) is 15.0 Å². The molecule has 6 nitrogen and oxygen atoms in total. The fourth-order valence-corrected chi connectivity index (χ4v) is 7.30. The Bertz CT molecular complexity index is 3080. The van der Waals surface area contributed by atoms with Crippen LogP contribution in [0.15, 0.2) is 165 Å². The summed E-state index contributed by atoms with van der Waals surface area (Å²) in [5.41, 5.74) is 9.69. The van der Waals surface area contributed by atoms with E-state index in [2.05, 4.69) is 54.6 Å². The molecule has 51 heavy (non-hydrogen) atoms. The standard InChI is InChI=1S/C45H25N3O3/c1-3-10-26(11-4-1)43-46-44(27-12-5-2-6-13-27)48-45(47-43)33-15-9-17-37-42(33)32-21-19-29(23-39(32)50-37)28-18-20-31-35-24-34-30-14-7-8-16-36(30)49-40(34)25-41(35)51-38(31)22-28/h1-25H. The van der Waals surface area contributed by atoms with Crippen molar-refractivity contribution in [2.75, 3.05) is 0 Å². The van der Waals surface area contributed by atoms with Gasteiger partial charge in [-0.1, -0.05) is 103 Å². The van der Waals surface area contributed by atoms with Crippen LogP contribution in [0.4, 0.5) is 0 Å². The predicted octanol–water partition coefficient (Wildman–Crippen LogP) is 12.2. The highest BCUT2D eigenvalue weighted by molar-refractivity contribution is 6.16. The van der Waals surface area contributed by atoms with E-state index in [0.29, 0.717) is 17.5 Å². The molecule has 0 aliphatic heterocycles. The highest BCUT2D eigenvalue weighted by Crippen LogP contribution is 2.40. The second-order valence-corrected chi connectivity index (χ2v) is 12.8. The second-order valence-electron chi connectivity index (χ2n) is 12.8. The molecule has 11 rings (SSSR count). The molecule has 0 bridgehead atoms. The molecule has 0 amide bonds. The molecule has 0 atom stereocenters. The molecule has 4 aromatic heterocycles. The Hall–Kier alpha value is -7.05. The van der Waals surface area contributed by atoms with Crippen LogP contribution in [0, 0.1) is 0 Å². The van der Waals surface area contributed by atoms with Gasteiger partial charge in [0.25, 0.3) is 0 Å². The minimum Gasteiger partial charge on any atom is -0.456 e. The van der Waals surface area contributed by atoms with Crippen LogP contribution in [0.2, 0.25) is 0 Å². The van der Waals surface area contributed by atoms with Gasteiger partial charge in [-0.3, -0.25) is 0 Å². The van der Waals surface area contributed by atoms with Crippen molar-refractivity contribution in [1.29, 1.82) is 0 Å². The number of hydrogen-bond acceptors (Lipinski definition) is 6. The largest absolute Gasteiger partial charge is 0.456 e. The van der Waals surface area contributed by atoms with Gasteiger partial charge in [-0.2, -0.15) is 0 Å². The van der Waals surface area contributed by atoms with Gasteiger partial charge in [0.15, 0.2) is 17.5 Å². The monoisotopic (exact) mass is 655 g/mol. The first kappa shape index (κ1) is 27.9. The van der Waals surface area contributed by atoms with E-state index in [0.717, 1.165) is 93.6 Å². The lowest BCUT2D eigenvalue weighted by Crippen LogP contribution is -2.00. The van der Waals surface area contributed by atoms with Crippen molar-refractivity contribution in [3.63, 3.8) is 0 Å². The number of furan rings is 3. The Morgan fingerprint density at radius 2 is 0.804 bits per heavy atom. The van der Waals surface area contributed by atoms with Gasteiger partial charge in [-0.15, -0.1) is 0 Å². The first-order valence-electron chi connectivity index (χ1n) is 16.8. The van der Waals surface area contributed by atoms with Crippen molar-refractivity contribution in [3.8, 4) is 45.3 Å². The quantitative estimate of drug-likeness (QED) is 0.188. The molecular weight excluding hydrogens is 631 g/mol. The summed E-state index contributed by atoms with van der Waals surface area (Å²) in [4.78, 5) is 14.9. The Morgan fingerprint density at radius 1 is 0.294 bits per heavy atom. The van der Waals surface area contributed by atoms with Crippen LogP contribution >= 0.6 is 0 Å². The topological polar surface area (TPSA) is 78.1 Å². The third kappa shape index (κ3) is 4.40. The molecule has 11 aromatic rings. The Kier molecular flexibility index (Phi) is 5.86. The van der Waals surface area contributed by atoms with Crippen LogP contribution in [0.1, 0.15) is 0 Å². The fraction of sp³-hybridized carbons (Fsp3) is 0. The number of hydrogen-bond donors (Lipinski definition) is 0. The van der Waals surface area contributed by atoms with Crippen molar-refractivity contribution >= 4 is 65.8 Å². The fourth-order valence-electron chi connectivity index (χ4n) is 7.30. The summed E-state index contributed by atoms with van der Waals surface area (Å²) in [7, 11) is 0. The Balaban J connectivity index is 1.03. The van der Waals surface area contributed by atoms with Crippen LogP contribution in [0.3, 0.4) is 0 Å². The molecule has 7 aromatic carbocycles. The van der Waals surface area contributed by atoms with E-state index in [1.54, 1.807) is 0 Å². The van der Waals surface area contributed by atoms with Crippen LogP contribution in [0.5, 0.6) is 0 Å². The van der Waals surface area contributed by atoms with Gasteiger partial charge < -0.3 is 13.3 Å². The van der Waals surface area contributed by atoms with Crippen molar-refractivity contribution in [3.05, 3.63) is 152 Å². The maximum absolute atomic E-state index is 6.51. The molecule has 0 N–H and O–H groups in total. The number of fused-ring (bicyclic) bond motifs is 9. The van der Waals surface area contributed by atoms with Crippen LogP contribution < -0.4 is 0 Å². The van der Waals surface area contributed by atoms with E-state index >= 15 is 0 Å². The zero-order valence-corrected chi connectivity index (χ0v) is 27.0. The predicted molar refractivity (Wildman–Crippen MR) is 203 cm³/mol. The van der Waals surface area contributed by atoms with E-state index in [9.17, 15) is 0 Å². The lowest BCUT2D eigenvalue weighted by atomic mass is 10.00. The summed E-state index contributed by atoms with van der Waals surface area (Å²) < 4.78 is 19.0. The van der Waals surface area contributed by atoms with Gasteiger partial charge in [-0.25, -0.2) is 15.0 Å². The molecule has 0 aliphatic carbocycles. The first-order chi connectivity index (χ1) is 25.2. The van der Waals surface area contributed by atoms with E-state index < -0.39 is 0 Å². The summed E-state index contributed by atoms with van der Waals surface area (Å²) in [5.74, 6) is 1.83. The molecule has 4 heterocycles. The van der Waals surface area contributed by atoms with Gasteiger partial charge in [0.1, 0.15) is 33.5 Å². The average molecular weight is 656 g/mol. The smallest absolute Gasteiger partial charge is 0.164 e. The van der Waals surface area contributed by atoms with Gasteiger partial charge in [-0.05, 0) is 53.6 Å². The molecule has 0 unspecified atom stereocenters. The number of para-hydroxylation sites is 1. The SMILES string of the molecule is c1ccc(-c2nc(-c3ccccc3)nc(-c3cccc4oc5cc(-c6ccc7c(c6)oc6cc8oc9ccccc9c8cc67)ccc5c34)n2)cc1. The third-order valence-electron chi connectivity index (χ3n) is 9.74.